The first-order valence-electron chi connectivity index (χ1n) is 9.99. The highest BCUT2D eigenvalue weighted by Crippen LogP contribution is 2.31. The number of carbonyl (C=O) groups excluding carboxylic acids is 2. The molecule has 1 heterocycles. The lowest BCUT2D eigenvalue weighted by Gasteiger charge is -2.27. The Hall–Kier alpha value is -3.15. The molecule has 0 saturated carbocycles. The topological polar surface area (TPSA) is 77.0 Å². The molecule has 0 fully saturated rings. The number of aliphatic imine (C=N–C) groups is 1. The van der Waals surface area contributed by atoms with Crippen LogP contribution in [0.5, 0.6) is 11.5 Å². The number of allylic oxidation sites excluding steroid dienone is 3. The lowest BCUT2D eigenvalue weighted by atomic mass is 9.85. The van der Waals surface area contributed by atoms with Crippen LogP contribution in [0.1, 0.15) is 44.0 Å². The number of hydrogen-bond donors (Lipinski definition) is 1. The van der Waals surface area contributed by atoms with E-state index in [1.165, 1.54) is 0 Å². The maximum atomic E-state index is 12.7. The molecule has 3 rings (SSSR count). The van der Waals surface area contributed by atoms with Crippen LogP contribution < -0.4 is 14.8 Å². The second-order valence-corrected chi connectivity index (χ2v) is 6.76. The molecule has 1 unspecified atom stereocenters. The van der Waals surface area contributed by atoms with Crippen LogP contribution in [0.15, 0.2) is 58.8 Å². The Balaban J connectivity index is 1.83. The lowest BCUT2D eigenvalue weighted by molar-refractivity contribution is -0.116. The zero-order valence-electron chi connectivity index (χ0n) is 17.0. The predicted octanol–water partition coefficient (Wildman–Crippen LogP) is 3.99. The molecule has 1 aromatic carbocycles. The number of benzene rings is 1. The van der Waals surface area contributed by atoms with Gasteiger partial charge in [0.15, 0.2) is 11.5 Å². The molecule has 1 aromatic rings. The van der Waals surface area contributed by atoms with Gasteiger partial charge in [-0.05, 0) is 50.6 Å². The van der Waals surface area contributed by atoms with Crippen molar-refractivity contribution in [2.45, 2.75) is 33.6 Å². The van der Waals surface area contributed by atoms with Crippen molar-refractivity contribution >= 4 is 17.5 Å². The summed E-state index contributed by atoms with van der Waals surface area (Å²) >= 11 is 0. The second kappa shape index (κ2) is 9.37. The summed E-state index contributed by atoms with van der Waals surface area (Å²) in [4.78, 5) is 28.9. The third-order valence-electron chi connectivity index (χ3n) is 4.64. The highest BCUT2D eigenvalue weighted by atomic mass is 16.5. The average molecular weight is 394 g/mol. The first-order chi connectivity index (χ1) is 14.0. The van der Waals surface area contributed by atoms with E-state index in [0.29, 0.717) is 36.0 Å². The normalized spacial score (nSPS) is 19.2. The maximum absolute atomic E-state index is 12.7. The number of ether oxygens (including phenoxy) is 2. The molecule has 0 radical (unpaired) electrons. The van der Waals surface area contributed by atoms with Gasteiger partial charge in [-0.15, -0.1) is 0 Å². The maximum Gasteiger partial charge on any atom is 0.277 e. The lowest BCUT2D eigenvalue weighted by Crippen LogP contribution is -2.33. The van der Waals surface area contributed by atoms with Gasteiger partial charge in [0.1, 0.15) is 0 Å². The molecular formula is C23H26N2O4. The smallest absolute Gasteiger partial charge is 0.277 e. The van der Waals surface area contributed by atoms with Gasteiger partial charge in [0.25, 0.3) is 5.91 Å². The van der Waals surface area contributed by atoms with Crippen molar-refractivity contribution in [2.75, 3.05) is 13.2 Å². The number of nitrogens with zero attached hydrogens (tertiary/aromatic N) is 1. The van der Waals surface area contributed by atoms with E-state index < -0.39 is 0 Å². The molecule has 0 aromatic heterocycles. The van der Waals surface area contributed by atoms with Crippen molar-refractivity contribution in [3.63, 3.8) is 0 Å². The van der Waals surface area contributed by atoms with Gasteiger partial charge in [0.2, 0.25) is 5.91 Å². The number of fused-ring (bicyclic) bond motifs is 1. The molecule has 6 heteroatoms. The molecule has 0 saturated heterocycles. The van der Waals surface area contributed by atoms with Gasteiger partial charge < -0.3 is 14.8 Å². The first kappa shape index (κ1) is 20.6. The Morgan fingerprint density at radius 1 is 1.10 bits per heavy atom. The Labute approximate surface area is 171 Å². The summed E-state index contributed by atoms with van der Waals surface area (Å²) in [5, 5.41) is 2.86. The number of amides is 2. The fourth-order valence-corrected chi connectivity index (χ4v) is 3.42. The van der Waals surface area contributed by atoms with Gasteiger partial charge in [0, 0.05) is 23.3 Å². The molecule has 0 spiro atoms. The van der Waals surface area contributed by atoms with Gasteiger partial charge in [0.05, 0.1) is 18.9 Å². The van der Waals surface area contributed by atoms with E-state index in [9.17, 15) is 9.59 Å². The summed E-state index contributed by atoms with van der Waals surface area (Å²) in [6, 6.07) is 5.04. The Kier molecular flexibility index (Phi) is 6.65. The summed E-state index contributed by atoms with van der Waals surface area (Å²) in [6.07, 6.45) is 9.06. The zero-order chi connectivity index (χ0) is 20.8. The van der Waals surface area contributed by atoms with Crippen LogP contribution in [0, 0.1) is 5.92 Å². The molecule has 2 amide bonds. The second-order valence-electron chi connectivity index (χ2n) is 6.76. The molecule has 1 N–H and O–H groups in total. The number of nitrogens with one attached hydrogen (secondary N) is 1. The number of carbonyl (C=O) groups is 2. The summed E-state index contributed by atoms with van der Waals surface area (Å²) < 4.78 is 11.1. The minimum absolute atomic E-state index is 0.0386. The van der Waals surface area contributed by atoms with E-state index >= 15 is 0 Å². The molecular weight excluding hydrogens is 368 g/mol. The van der Waals surface area contributed by atoms with Gasteiger partial charge in [-0.25, -0.2) is 4.99 Å². The quantitative estimate of drug-likeness (QED) is 0.759. The predicted molar refractivity (Wildman–Crippen MR) is 112 cm³/mol. The molecule has 2 aliphatic rings. The van der Waals surface area contributed by atoms with E-state index in [0.717, 1.165) is 24.1 Å². The van der Waals surface area contributed by atoms with Crippen LogP contribution in [0.2, 0.25) is 0 Å². The Bertz CT molecular complexity index is 925. The minimum Gasteiger partial charge on any atom is -0.490 e. The van der Waals surface area contributed by atoms with Crippen molar-refractivity contribution in [1.82, 2.24) is 5.32 Å². The van der Waals surface area contributed by atoms with E-state index in [2.05, 4.69) is 17.2 Å². The molecule has 29 heavy (non-hydrogen) atoms. The molecule has 1 atom stereocenters. The van der Waals surface area contributed by atoms with Crippen LogP contribution in [0.4, 0.5) is 0 Å². The summed E-state index contributed by atoms with van der Waals surface area (Å²) in [5.41, 5.74) is 2.76. The minimum atomic E-state index is -0.379. The van der Waals surface area contributed by atoms with Gasteiger partial charge in [-0.3, -0.25) is 9.59 Å². The number of rotatable bonds is 7. The van der Waals surface area contributed by atoms with Crippen molar-refractivity contribution in [2.24, 2.45) is 10.9 Å². The third-order valence-corrected chi connectivity index (χ3v) is 4.64. The van der Waals surface area contributed by atoms with Crippen LogP contribution in [0.25, 0.3) is 0 Å². The Morgan fingerprint density at radius 3 is 2.59 bits per heavy atom. The largest absolute Gasteiger partial charge is 0.490 e. The van der Waals surface area contributed by atoms with Crippen molar-refractivity contribution in [3.8, 4) is 11.5 Å². The van der Waals surface area contributed by atoms with Crippen molar-refractivity contribution < 1.29 is 19.1 Å². The summed E-state index contributed by atoms with van der Waals surface area (Å²) in [7, 11) is 0. The molecule has 0 bridgehead atoms. The SMILES string of the molecule is CCCC1=CC(=O)NC2=CC(=NC(=O)c3ccc(OCC)c(OCC)c3)C=CC12. The summed E-state index contributed by atoms with van der Waals surface area (Å²) in [5.74, 6) is 0.644. The third kappa shape index (κ3) is 4.83. The van der Waals surface area contributed by atoms with Crippen molar-refractivity contribution in [1.29, 1.82) is 0 Å². The number of hydrogen-bond acceptors (Lipinski definition) is 4. The molecule has 1 aliphatic heterocycles. The highest BCUT2D eigenvalue weighted by Gasteiger charge is 2.26. The Morgan fingerprint density at radius 2 is 1.86 bits per heavy atom. The monoisotopic (exact) mass is 394 g/mol. The van der Waals surface area contributed by atoms with Gasteiger partial charge in [-0.1, -0.05) is 25.0 Å². The molecule has 6 nitrogen and oxygen atoms in total. The van der Waals surface area contributed by atoms with E-state index in [4.69, 9.17) is 9.47 Å². The van der Waals surface area contributed by atoms with Crippen LogP contribution in [-0.4, -0.2) is 30.7 Å². The highest BCUT2D eigenvalue weighted by molar-refractivity contribution is 6.14. The average Bonchev–Trinajstić information content (AvgIpc) is 2.69. The fraction of sp³-hybridized carbons (Fsp3) is 0.348. The zero-order valence-corrected chi connectivity index (χ0v) is 17.0. The first-order valence-corrected chi connectivity index (χ1v) is 9.99. The van der Waals surface area contributed by atoms with E-state index in [1.807, 2.05) is 26.0 Å². The molecule has 1 aliphatic carbocycles. The van der Waals surface area contributed by atoms with Crippen LogP contribution >= 0.6 is 0 Å². The standard InChI is InChI=1S/C23H26N2O4/c1-4-7-15-13-22(26)25-19-14-17(9-10-18(15)19)24-23(27)16-8-11-20(28-5-2)21(12-16)29-6-3/h8-14,18H,4-7H2,1-3H3,(H,25,26). The van der Waals surface area contributed by atoms with Crippen LogP contribution in [-0.2, 0) is 4.79 Å². The van der Waals surface area contributed by atoms with Crippen LogP contribution in [0.3, 0.4) is 0 Å². The fourth-order valence-electron chi connectivity index (χ4n) is 3.42. The van der Waals surface area contributed by atoms with E-state index in [1.54, 1.807) is 30.4 Å². The van der Waals surface area contributed by atoms with Gasteiger partial charge >= 0.3 is 0 Å². The molecule has 152 valence electrons. The van der Waals surface area contributed by atoms with Crippen molar-refractivity contribution in [3.05, 3.63) is 59.3 Å². The summed E-state index contributed by atoms with van der Waals surface area (Å²) in [6.45, 7) is 6.83. The van der Waals surface area contributed by atoms with E-state index in [-0.39, 0.29) is 17.7 Å². The van der Waals surface area contributed by atoms with Gasteiger partial charge in [-0.2, -0.15) is 0 Å².